The monoisotopic (exact) mass is 502 g/mol. The fourth-order valence-corrected chi connectivity index (χ4v) is 6.07. The maximum atomic E-state index is 11.9. The van der Waals surface area contributed by atoms with Crippen LogP contribution in [0.25, 0.3) is 0 Å². The van der Waals surface area contributed by atoms with Crippen LogP contribution in [0.2, 0.25) is 0 Å². The molecule has 2 aliphatic rings. The molecule has 0 atom stereocenters. The summed E-state index contributed by atoms with van der Waals surface area (Å²) in [4.78, 5) is 15.1. The average molecular weight is 503 g/mol. The molecule has 0 aromatic heterocycles. The minimum absolute atomic E-state index is 0.129. The molecule has 0 spiro atoms. The minimum Gasteiger partial charge on any atom is -0.489 e. The largest absolute Gasteiger partial charge is 0.489 e. The van der Waals surface area contributed by atoms with Gasteiger partial charge in [-0.3, -0.25) is 15.0 Å². The highest BCUT2D eigenvalue weighted by molar-refractivity contribution is 7.89. The number of nitro benzene ring substituents is 1. The molecule has 9 nitrogen and oxygen atoms in total. The number of primary sulfonamides is 1. The summed E-state index contributed by atoms with van der Waals surface area (Å²) in [5.74, 6) is 1.10. The topological polar surface area (TPSA) is 119 Å². The Morgan fingerprint density at radius 3 is 2.29 bits per heavy atom. The molecular weight excluding hydrogens is 468 g/mol. The van der Waals surface area contributed by atoms with E-state index in [1.54, 1.807) is 6.07 Å². The van der Waals surface area contributed by atoms with Crippen molar-refractivity contribution < 1.29 is 18.1 Å². The minimum atomic E-state index is -4.17. The Hall–Kier alpha value is -2.69. The van der Waals surface area contributed by atoms with Gasteiger partial charge in [0.05, 0.1) is 16.7 Å². The van der Waals surface area contributed by atoms with Crippen LogP contribution in [0.1, 0.15) is 51.0 Å². The first kappa shape index (κ1) is 25.4. The fraction of sp³-hybridized carbons (Fsp3) is 0.520. The average Bonchev–Trinajstić information content (AvgIpc) is 2.83. The molecule has 35 heavy (non-hydrogen) atoms. The Morgan fingerprint density at radius 1 is 1.03 bits per heavy atom. The predicted octanol–water partition coefficient (Wildman–Crippen LogP) is 3.88. The molecule has 10 heteroatoms. The van der Waals surface area contributed by atoms with E-state index in [-0.39, 0.29) is 12.0 Å². The number of nitrogens with two attached hydrogens (primary N) is 1. The number of nitro groups is 1. The van der Waals surface area contributed by atoms with E-state index >= 15 is 0 Å². The Labute approximate surface area is 207 Å². The van der Waals surface area contributed by atoms with Crippen molar-refractivity contribution in [2.24, 2.45) is 5.14 Å². The number of hydrogen-bond acceptors (Lipinski definition) is 7. The molecule has 1 saturated carbocycles. The Kier molecular flexibility index (Phi) is 7.63. The Bertz CT molecular complexity index is 1150. The van der Waals surface area contributed by atoms with E-state index in [2.05, 4.69) is 21.9 Å². The maximum absolute atomic E-state index is 11.9. The second-order valence-corrected chi connectivity index (χ2v) is 11.2. The Balaban J connectivity index is 1.36. The first-order chi connectivity index (χ1) is 16.6. The lowest BCUT2D eigenvalue weighted by Crippen LogP contribution is -2.51. The number of piperazine rings is 1. The van der Waals surface area contributed by atoms with Crippen LogP contribution in [0.15, 0.2) is 47.4 Å². The van der Waals surface area contributed by atoms with E-state index in [1.807, 2.05) is 26.0 Å². The van der Waals surface area contributed by atoms with Crippen LogP contribution in [-0.2, 0) is 10.0 Å². The van der Waals surface area contributed by atoms with E-state index in [9.17, 15) is 18.5 Å². The molecule has 2 aromatic rings. The number of benzene rings is 2. The van der Waals surface area contributed by atoms with Gasteiger partial charge in [-0.05, 0) is 69.2 Å². The van der Waals surface area contributed by atoms with Gasteiger partial charge in [0.1, 0.15) is 5.75 Å². The zero-order valence-corrected chi connectivity index (χ0v) is 21.1. The van der Waals surface area contributed by atoms with Gasteiger partial charge in [-0.15, -0.1) is 0 Å². The molecule has 0 radical (unpaired) electrons. The summed E-state index contributed by atoms with van der Waals surface area (Å²) in [6, 6.07) is 13.0. The first-order valence-electron chi connectivity index (χ1n) is 12.2. The molecular formula is C25H34N4O5S. The van der Waals surface area contributed by atoms with Crippen LogP contribution >= 0.6 is 0 Å². The molecule has 2 N–H and O–H groups in total. The van der Waals surface area contributed by atoms with Gasteiger partial charge in [-0.1, -0.05) is 18.2 Å². The molecule has 1 aliphatic carbocycles. The third-order valence-electron chi connectivity index (χ3n) is 7.05. The van der Waals surface area contributed by atoms with Crippen LogP contribution in [-0.4, -0.2) is 56.6 Å². The van der Waals surface area contributed by atoms with Crippen molar-refractivity contribution in [2.45, 2.75) is 62.5 Å². The molecule has 0 amide bonds. The smallest absolute Gasteiger partial charge is 0.289 e. The van der Waals surface area contributed by atoms with Gasteiger partial charge < -0.3 is 9.64 Å². The highest BCUT2D eigenvalue weighted by Crippen LogP contribution is 2.38. The molecule has 2 fully saturated rings. The van der Waals surface area contributed by atoms with Crippen molar-refractivity contribution in [3.8, 4) is 5.75 Å². The number of para-hydroxylation sites is 2. The van der Waals surface area contributed by atoms with Gasteiger partial charge in [0.15, 0.2) is 4.90 Å². The summed E-state index contributed by atoms with van der Waals surface area (Å²) in [6.45, 7) is 7.93. The summed E-state index contributed by atoms with van der Waals surface area (Å²) in [5, 5.41) is 16.5. The van der Waals surface area contributed by atoms with Crippen LogP contribution in [0.3, 0.4) is 0 Å². The van der Waals surface area contributed by atoms with Gasteiger partial charge in [-0.2, -0.15) is 0 Å². The van der Waals surface area contributed by atoms with Crippen molar-refractivity contribution in [1.82, 2.24) is 4.90 Å². The van der Waals surface area contributed by atoms with Crippen LogP contribution in [0, 0.1) is 10.1 Å². The van der Waals surface area contributed by atoms with Crippen molar-refractivity contribution in [3.05, 3.63) is 58.1 Å². The summed E-state index contributed by atoms with van der Waals surface area (Å²) >= 11 is 0. The molecule has 4 rings (SSSR count). The third kappa shape index (κ3) is 5.94. The number of rotatable bonds is 7. The van der Waals surface area contributed by atoms with Gasteiger partial charge in [0.25, 0.3) is 5.69 Å². The van der Waals surface area contributed by atoms with Gasteiger partial charge in [-0.25, -0.2) is 13.6 Å². The zero-order chi connectivity index (χ0) is 25.2. The van der Waals surface area contributed by atoms with Crippen LogP contribution < -0.4 is 14.8 Å². The summed E-state index contributed by atoms with van der Waals surface area (Å²) in [7, 11) is -4.17. The lowest BCUT2D eigenvalue weighted by molar-refractivity contribution is -0.387. The normalized spacial score (nSPS) is 21.8. The molecule has 2 aromatic carbocycles. The van der Waals surface area contributed by atoms with E-state index in [0.717, 1.165) is 68.9 Å². The fourth-order valence-electron chi connectivity index (χ4n) is 5.34. The first-order valence-corrected chi connectivity index (χ1v) is 13.7. The quantitative estimate of drug-likeness (QED) is 0.451. The van der Waals surface area contributed by atoms with Crippen LogP contribution in [0.5, 0.6) is 5.75 Å². The number of hydrogen-bond donors (Lipinski definition) is 1. The van der Waals surface area contributed by atoms with E-state index in [0.29, 0.717) is 6.04 Å². The molecule has 0 unspecified atom stereocenters. The standard InChI is InChI=1S/C25H34N4O5S/c1-18(2)34-24-6-4-3-5-22(24)28-15-13-27(14-16-28)21-10-7-19(8-11-21)20-9-12-23(29(30)31)25(17-20)35(26,32)33/h3-6,9,12,17-19,21H,7-8,10-11,13-16H2,1-2H3,(H2,26,32,33). The second-order valence-electron chi connectivity index (χ2n) is 9.69. The summed E-state index contributed by atoms with van der Waals surface area (Å²) in [6.07, 6.45) is 3.98. The third-order valence-corrected chi connectivity index (χ3v) is 7.99. The van der Waals surface area contributed by atoms with E-state index in [1.165, 1.54) is 12.1 Å². The number of nitrogens with zero attached hydrogens (tertiary/aromatic N) is 3. The highest BCUT2D eigenvalue weighted by Gasteiger charge is 2.31. The zero-order valence-electron chi connectivity index (χ0n) is 20.3. The lowest BCUT2D eigenvalue weighted by atomic mass is 9.81. The number of ether oxygens (including phenoxy) is 1. The van der Waals surface area contributed by atoms with Crippen molar-refractivity contribution >= 4 is 21.4 Å². The maximum Gasteiger partial charge on any atom is 0.289 e. The second kappa shape index (κ2) is 10.5. The SMILES string of the molecule is CC(C)Oc1ccccc1N1CCN(C2CCC(c3ccc([N+](=O)[O-])c(S(N)(=O)=O)c3)CC2)CC1. The van der Waals surface area contributed by atoms with E-state index < -0.39 is 25.5 Å². The van der Waals surface area contributed by atoms with Crippen molar-refractivity contribution in [1.29, 1.82) is 0 Å². The summed E-state index contributed by atoms with van der Waals surface area (Å²) < 4.78 is 29.8. The van der Waals surface area contributed by atoms with Crippen molar-refractivity contribution in [2.75, 3.05) is 31.1 Å². The van der Waals surface area contributed by atoms with Gasteiger partial charge >= 0.3 is 0 Å². The van der Waals surface area contributed by atoms with Gasteiger partial charge in [0, 0.05) is 38.3 Å². The molecule has 190 valence electrons. The lowest BCUT2D eigenvalue weighted by Gasteiger charge is -2.43. The van der Waals surface area contributed by atoms with E-state index in [4.69, 9.17) is 9.88 Å². The van der Waals surface area contributed by atoms with Crippen molar-refractivity contribution in [3.63, 3.8) is 0 Å². The molecule has 1 aliphatic heterocycles. The van der Waals surface area contributed by atoms with Crippen LogP contribution in [0.4, 0.5) is 11.4 Å². The summed E-state index contributed by atoms with van der Waals surface area (Å²) in [5.41, 5.74) is 1.49. The number of sulfonamides is 1. The highest BCUT2D eigenvalue weighted by atomic mass is 32.2. The number of anilines is 1. The Morgan fingerprint density at radius 2 is 1.69 bits per heavy atom. The predicted molar refractivity (Wildman–Crippen MR) is 135 cm³/mol. The van der Waals surface area contributed by atoms with Gasteiger partial charge in [0.2, 0.25) is 10.0 Å². The molecule has 1 saturated heterocycles. The molecule has 1 heterocycles. The molecule has 0 bridgehead atoms.